The van der Waals surface area contributed by atoms with E-state index >= 15 is 0 Å². The van der Waals surface area contributed by atoms with E-state index in [2.05, 4.69) is 60.3 Å². The minimum Gasteiger partial charge on any atom is -0.338 e. The van der Waals surface area contributed by atoms with E-state index in [-0.39, 0.29) is 17.4 Å². The Bertz CT molecular complexity index is 1020. The summed E-state index contributed by atoms with van der Waals surface area (Å²) < 4.78 is 7.16. The van der Waals surface area contributed by atoms with Crippen molar-refractivity contribution in [1.82, 2.24) is 30.0 Å². The van der Waals surface area contributed by atoms with Gasteiger partial charge < -0.3 is 9.42 Å². The standard InChI is InChI=1S/C23H30N6O2/c1-5-6-20-24-21(31-26-20)19-15-29(27-25-19)18-11-13-28(14-12-18)22(30)16-7-9-17(10-8-16)23(2,3)4/h7-10,15,18H,5-6,11-14H2,1-4H3. The van der Waals surface area contributed by atoms with E-state index in [4.69, 9.17) is 4.52 Å². The number of carbonyl (C=O) groups excluding carboxylic acids is 1. The lowest BCUT2D eigenvalue weighted by molar-refractivity contribution is 0.0689. The molecular weight excluding hydrogens is 392 g/mol. The lowest BCUT2D eigenvalue weighted by Crippen LogP contribution is -2.39. The first-order valence-corrected chi connectivity index (χ1v) is 11.0. The summed E-state index contributed by atoms with van der Waals surface area (Å²) in [4.78, 5) is 19.2. The fourth-order valence-corrected chi connectivity index (χ4v) is 3.87. The van der Waals surface area contributed by atoms with Crippen molar-refractivity contribution in [3.05, 3.63) is 47.4 Å². The first-order valence-electron chi connectivity index (χ1n) is 11.0. The minimum atomic E-state index is 0.0787. The molecule has 1 aliphatic heterocycles. The Morgan fingerprint density at radius 2 is 1.87 bits per heavy atom. The van der Waals surface area contributed by atoms with Crippen molar-refractivity contribution >= 4 is 5.91 Å². The van der Waals surface area contributed by atoms with Crippen LogP contribution in [0.25, 0.3) is 11.6 Å². The molecule has 31 heavy (non-hydrogen) atoms. The van der Waals surface area contributed by atoms with Crippen LogP contribution in [0.3, 0.4) is 0 Å². The molecule has 1 aliphatic rings. The highest BCUT2D eigenvalue weighted by atomic mass is 16.5. The van der Waals surface area contributed by atoms with Gasteiger partial charge in [-0.25, -0.2) is 4.68 Å². The molecule has 4 rings (SSSR count). The number of rotatable bonds is 5. The zero-order chi connectivity index (χ0) is 22.0. The molecule has 2 aromatic heterocycles. The molecule has 164 valence electrons. The van der Waals surface area contributed by atoms with E-state index in [1.807, 2.05) is 27.9 Å². The van der Waals surface area contributed by atoms with E-state index in [1.165, 1.54) is 5.56 Å². The van der Waals surface area contributed by atoms with E-state index in [9.17, 15) is 4.79 Å². The molecule has 0 aliphatic carbocycles. The molecule has 0 spiro atoms. The maximum absolute atomic E-state index is 12.9. The van der Waals surface area contributed by atoms with Crippen LogP contribution in [0, 0.1) is 0 Å². The van der Waals surface area contributed by atoms with Gasteiger partial charge in [0.15, 0.2) is 11.5 Å². The summed E-state index contributed by atoms with van der Waals surface area (Å²) in [5, 5.41) is 12.4. The predicted molar refractivity (Wildman–Crippen MR) is 117 cm³/mol. The molecule has 8 nitrogen and oxygen atoms in total. The van der Waals surface area contributed by atoms with Crippen LogP contribution < -0.4 is 0 Å². The van der Waals surface area contributed by atoms with Crippen LogP contribution in [-0.2, 0) is 11.8 Å². The van der Waals surface area contributed by atoms with Crippen LogP contribution in [-0.4, -0.2) is 49.0 Å². The molecule has 3 heterocycles. The number of nitrogens with zero attached hydrogens (tertiary/aromatic N) is 6. The number of aryl methyl sites for hydroxylation is 1. The van der Waals surface area contributed by atoms with Gasteiger partial charge in [-0.15, -0.1) is 5.10 Å². The molecule has 0 bridgehead atoms. The van der Waals surface area contributed by atoms with Gasteiger partial charge in [-0.3, -0.25) is 4.79 Å². The van der Waals surface area contributed by atoms with Crippen LogP contribution in [0.1, 0.15) is 74.7 Å². The van der Waals surface area contributed by atoms with Crippen LogP contribution in [0.2, 0.25) is 0 Å². The minimum absolute atomic E-state index is 0.0787. The average Bonchev–Trinajstić information content (AvgIpc) is 3.43. The SMILES string of the molecule is CCCc1noc(-c2cn(C3CCN(C(=O)c4ccc(C(C)(C)C)cc4)CC3)nn2)n1. The number of aromatic nitrogens is 5. The van der Waals surface area contributed by atoms with Crippen molar-refractivity contribution in [3.63, 3.8) is 0 Å². The van der Waals surface area contributed by atoms with Crippen molar-refractivity contribution in [2.45, 2.75) is 64.8 Å². The van der Waals surface area contributed by atoms with Crippen molar-refractivity contribution in [3.8, 4) is 11.6 Å². The second-order valence-corrected chi connectivity index (χ2v) is 9.20. The molecule has 1 saturated heterocycles. The van der Waals surface area contributed by atoms with Gasteiger partial charge in [0.05, 0.1) is 12.2 Å². The van der Waals surface area contributed by atoms with Gasteiger partial charge >= 0.3 is 0 Å². The third kappa shape index (κ3) is 4.68. The van der Waals surface area contributed by atoms with Crippen LogP contribution in [0.5, 0.6) is 0 Å². The average molecular weight is 423 g/mol. The van der Waals surface area contributed by atoms with Crippen LogP contribution >= 0.6 is 0 Å². The molecule has 0 atom stereocenters. The first-order chi connectivity index (χ1) is 14.8. The quantitative estimate of drug-likeness (QED) is 0.616. The highest BCUT2D eigenvalue weighted by Gasteiger charge is 2.26. The summed E-state index contributed by atoms with van der Waals surface area (Å²) in [6.07, 6.45) is 5.27. The van der Waals surface area contributed by atoms with Crippen molar-refractivity contribution in [1.29, 1.82) is 0 Å². The summed E-state index contributed by atoms with van der Waals surface area (Å²) in [5.41, 5.74) is 2.64. The Balaban J connectivity index is 1.36. The smallest absolute Gasteiger partial charge is 0.280 e. The Labute approximate surface area is 182 Å². The summed E-state index contributed by atoms with van der Waals surface area (Å²) in [7, 11) is 0. The monoisotopic (exact) mass is 422 g/mol. The maximum atomic E-state index is 12.9. The normalized spacial score (nSPS) is 15.4. The molecule has 1 fully saturated rings. The number of hydrogen-bond acceptors (Lipinski definition) is 6. The van der Waals surface area contributed by atoms with Crippen LogP contribution in [0.15, 0.2) is 35.0 Å². The van der Waals surface area contributed by atoms with Gasteiger partial charge in [-0.05, 0) is 42.4 Å². The molecule has 0 N–H and O–H groups in total. The number of carbonyl (C=O) groups is 1. The summed E-state index contributed by atoms with van der Waals surface area (Å²) in [6, 6.07) is 8.19. The fourth-order valence-electron chi connectivity index (χ4n) is 3.87. The van der Waals surface area contributed by atoms with Crippen LogP contribution in [0.4, 0.5) is 0 Å². The van der Waals surface area contributed by atoms with Gasteiger partial charge in [0.2, 0.25) is 0 Å². The third-order valence-corrected chi connectivity index (χ3v) is 5.79. The zero-order valence-corrected chi connectivity index (χ0v) is 18.7. The Kier molecular flexibility index (Phi) is 5.89. The Hall–Kier alpha value is -3.03. The lowest BCUT2D eigenvalue weighted by atomic mass is 9.86. The topological polar surface area (TPSA) is 89.9 Å². The van der Waals surface area contributed by atoms with Crippen molar-refractivity contribution in [2.24, 2.45) is 0 Å². The molecule has 0 unspecified atom stereocenters. The molecule has 8 heteroatoms. The highest BCUT2D eigenvalue weighted by molar-refractivity contribution is 5.94. The van der Waals surface area contributed by atoms with E-state index < -0.39 is 0 Å². The van der Waals surface area contributed by atoms with E-state index in [1.54, 1.807) is 0 Å². The molecule has 0 saturated carbocycles. The van der Waals surface area contributed by atoms with Crippen molar-refractivity contribution < 1.29 is 9.32 Å². The summed E-state index contributed by atoms with van der Waals surface area (Å²) in [5.74, 6) is 1.18. The zero-order valence-electron chi connectivity index (χ0n) is 18.7. The number of amides is 1. The molecular formula is C23H30N6O2. The van der Waals surface area contributed by atoms with Crippen molar-refractivity contribution in [2.75, 3.05) is 13.1 Å². The number of benzene rings is 1. The van der Waals surface area contributed by atoms with Gasteiger partial charge in [0.25, 0.3) is 11.8 Å². The number of hydrogen-bond donors (Lipinski definition) is 0. The number of likely N-dealkylation sites (tertiary alicyclic amines) is 1. The second kappa shape index (κ2) is 8.61. The molecule has 1 amide bonds. The van der Waals surface area contributed by atoms with Gasteiger partial charge in [0, 0.05) is 25.1 Å². The highest BCUT2D eigenvalue weighted by Crippen LogP contribution is 2.26. The lowest BCUT2D eigenvalue weighted by Gasteiger charge is -2.32. The van der Waals surface area contributed by atoms with Gasteiger partial charge in [0.1, 0.15) is 0 Å². The van der Waals surface area contributed by atoms with E-state index in [0.29, 0.717) is 30.5 Å². The molecule has 1 aromatic carbocycles. The summed E-state index contributed by atoms with van der Waals surface area (Å²) >= 11 is 0. The van der Waals surface area contributed by atoms with Gasteiger partial charge in [-0.1, -0.05) is 50.2 Å². The predicted octanol–water partition coefficient (Wildman–Crippen LogP) is 4.06. The Morgan fingerprint density at radius 1 is 1.16 bits per heavy atom. The maximum Gasteiger partial charge on any atom is 0.280 e. The molecule has 0 radical (unpaired) electrons. The van der Waals surface area contributed by atoms with Gasteiger partial charge in [-0.2, -0.15) is 4.98 Å². The number of piperidine rings is 1. The fraction of sp³-hybridized carbons (Fsp3) is 0.522. The first kappa shape index (κ1) is 21.2. The van der Waals surface area contributed by atoms with E-state index in [0.717, 1.165) is 31.2 Å². The second-order valence-electron chi connectivity index (χ2n) is 9.20. The third-order valence-electron chi connectivity index (χ3n) is 5.79. The Morgan fingerprint density at radius 3 is 2.52 bits per heavy atom. The largest absolute Gasteiger partial charge is 0.338 e. The summed E-state index contributed by atoms with van der Waals surface area (Å²) in [6.45, 7) is 9.98. The molecule has 3 aromatic rings.